The van der Waals surface area contributed by atoms with Gasteiger partial charge >= 0.3 is 5.97 Å². The summed E-state index contributed by atoms with van der Waals surface area (Å²) in [4.78, 5) is 10.9. The predicted octanol–water partition coefficient (Wildman–Crippen LogP) is 0.892. The van der Waals surface area contributed by atoms with Crippen LogP contribution in [0.4, 0.5) is 0 Å². The Morgan fingerprint density at radius 3 is 2.43 bits per heavy atom. The second-order valence-electron chi connectivity index (χ2n) is 3.41. The third-order valence-corrected chi connectivity index (χ3v) is 1.38. The SMILES string of the molecule is C=C(C)C(=O)OCC(O)COC(C)C. The quantitative estimate of drug-likeness (QED) is 0.513. The van der Waals surface area contributed by atoms with Crippen LogP contribution in [0.1, 0.15) is 20.8 Å². The lowest BCUT2D eigenvalue weighted by atomic mass is 10.3. The molecule has 0 rings (SSSR count). The molecule has 0 aliphatic carbocycles. The van der Waals surface area contributed by atoms with Crippen molar-refractivity contribution in [3.8, 4) is 0 Å². The number of carbonyl (C=O) groups is 1. The van der Waals surface area contributed by atoms with E-state index >= 15 is 0 Å². The number of hydrogen-bond acceptors (Lipinski definition) is 4. The summed E-state index contributed by atoms with van der Waals surface area (Å²) in [7, 11) is 0. The molecule has 1 N–H and O–H groups in total. The third-order valence-electron chi connectivity index (χ3n) is 1.38. The molecule has 0 aliphatic rings. The second kappa shape index (κ2) is 6.56. The maximum absolute atomic E-state index is 10.9. The van der Waals surface area contributed by atoms with Crippen LogP contribution in [-0.4, -0.2) is 36.5 Å². The lowest BCUT2D eigenvalue weighted by Gasteiger charge is -2.13. The first-order valence-corrected chi connectivity index (χ1v) is 4.55. The van der Waals surface area contributed by atoms with Crippen molar-refractivity contribution in [3.05, 3.63) is 12.2 Å². The molecular weight excluding hydrogens is 184 g/mol. The van der Waals surface area contributed by atoms with Gasteiger partial charge in [0.15, 0.2) is 0 Å². The average Bonchev–Trinajstić information content (AvgIpc) is 2.10. The van der Waals surface area contributed by atoms with E-state index in [2.05, 4.69) is 6.58 Å². The van der Waals surface area contributed by atoms with E-state index in [1.165, 1.54) is 0 Å². The first kappa shape index (κ1) is 13.1. The number of ether oxygens (including phenoxy) is 2. The van der Waals surface area contributed by atoms with Gasteiger partial charge in [0.05, 0.1) is 12.7 Å². The fourth-order valence-electron chi connectivity index (χ4n) is 0.647. The Morgan fingerprint density at radius 2 is 2.00 bits per heavy atom. The molecule has 0 aromatic heterocycles. The lowest BCUT2D eigenvalue weighted by Crippen LogP contribution is -2.25. The number of aliphatic hydroxyl groups is 1. The first-order chi connectivity index (χ1) is 6.43. The van der Waals surface area contributed by atoms with Crippen molar-refractivity contribution in [3.63, 3.8) is 0 Å². The molecule has 14 heavy (non-hydrogen) atoms. The van der Waals surface area contributed by atoms with Crippen LogP contribution in [0.5, 0.6) is 0 Å². The molecule has 0 aliphatic heterocycles. The Balaban J connectivity index is 3.58. The molecule has 0 fully saturated rings. The van der Waals surface area contributed by atoms with Gasteiger partial charge in [-0.15, -0.1) is 0 Å². The van der Waals surface area contributed by atoms with Crippen LogP contribution < -0.4 is 0 Å². The number of carbonyl (C=O) groups excluding carboxylic acids is 1. The van der Waals surface area contributed by atoms with Crippen LogP contribution in [0.2, 0.25) is 0 Å². The molecule has 0 amide bonds. The van der Waals surface area contributed by atoms with E-state index in [1.807, 2.05) is 13.8 Å². The Labute approximate surface area is 84.5 Å². The summed E-state index contributed by atoms with van der Waals surface area (Å²) in [5, 5.41) is 9.30. The van der Waals surface area contributed by atoms with Crippen LogP contribution in [0, 0.1) is 0 Å². The normalized spacial score (nSPS) is 12.6. The molecule has 1 unspecified atom stereocenters. The fourth-order valence-corrected chi connectivity index (χ4v) is 0.647. The molecule has 0 heterocycles. The van der Waals surface area contributed by atoms with E-state index in [4.69, 9.17) is 9.47 Å². The average molecular weight is 202 g/mol. The number of hydrogen-bond donors (Lipinski definition) is 1. The molecule has 1 atom stereocenters. The van der Waals surface area contributed by atoms with E-state index in [-0.39, 0.29) is 19.3 Å². The van der Waals surface area contributed by atoms with Gasteiger partial charge in [-0.05, 0) is 20.8 Å². The molecule has 0 bridgehead atoms. The van der Waals surface area contributed by atoms with Gasteiger partial charge < -0.3 is 14.6 Å². The number of rotatable bonds is 6. The molecule has 0 saturated heterocycles. The first-order valence-electron chi connectivity index (χ1n) is 4.55. The second-order valence-corrected chi connectivity index (χ2v) is 3.41. The minimum atomic E-state index is -0.777. The monoisotopic (exact) mass is 202 g/mol. The van der Waals surface area contributed by atoms with Crippen LogP contribution in [0.3, 0.4) is 0 Å². The standard InChI is InChI=1S/C10H18O4/c1-7(2)10(12)14-6-9(11)5-13-8(3)4/h8-9,11H,1,5-6H2,2-4H3. The van der Waals surface area contributed by atoms with Crippen molar-refractivity contribution < 1.29 is 19.4 Å². The van der Waals surface area contributed by atoms with Gasteiger partial charge in [-0.3, -0.25) is 0 Å². The predicted molar refractivity (Wildman–Crippen MR) is 52.9 cm³/mol. The van der Waals surface area contributed by atoms with Crippen LogP contribution >= 0.6 is 0 Å². The molecule has 4 nitrogen and oxygen atoms in total. The molecule has 0 aromatic rings. The highest BCUT2D eigenvalue weighted by molar-refractivity contribution is 5.86. The van der Waals surface area contributed by atoms with Crippen molar-refractivity contribution in [1.82, 2.24) is 0 Å². The zero-order valence-corrected chi connectivity index (χ0v) is 8.95. The van der Waals surface area contributed by atoms with Gasteiger partial charge in [0.1, 0.15) is 12.7 Å². The Kier molecular flexibility index (Phi) is 6.16. The van der Waals surface area contributed by atoms with Crippen LogP contribution in [-0.2, 0) is 14.3 Å². The highest BCUT2D eigenvalue weighted by Gasteiger charge is 2.09. The van der Waals surface area contributed by atoms with Crippen LogP contribution in [0.15, 0.2) is 12.2 Å². The highest BCUT2D eigenvalue weighted by Crippen LogP contribution is 1.96. The molecule has 0 aromatic carbocycles. The van der Waals surface area contributed by atoms with Gasteiger partial charge in [-0.25, -0.2) is 4.79 Å². The molecule has 0 spiro atoms. The highest BCUT2D eigenvalue weighted by atomic mass is 16.5. The van der Waals surface area contributed by atoms with Crippen molar-refractivity contribution in [2.24, 2.45) is 0 Å². The van der Waals surface area contributed by atoms with Crippen LogP contribution in [0.25, 0.3) is 0 Å². The van der Waals surface area contributed by atoms with Gasteiger partial charge in [0.25, 0.3) is 0 Å². The van der Waals surface area contributed by atoms with Crippen molar-refractivity contribution in [2.75, 3.05) is 13.2 Å². The lowest BCUT2D eigenvalue weighted by molar-refractivity contribution is -0.143. The fraction of sp³-hybridized carbons (Fsp3) is 0.700. The van der Waals surface area contributed by atoms with Crippen molar-refractivity contribution in [1.29, 1.82) is 0 Å². The van der Waals surface area contributed by atoms with Crippen molar-refractivity contribution >= 4 is 5.97 Å². The van der Waals surface area contributed by atoms with E-state index in [9.17, 15) is 9.90 Å². The zero-order chi connectivity index (χ0) is 11.1. The van der Waals surface area contributed by atoms with E-state index in [0.29, 0.717) is 5.57 Å². The Hall–Kier alpha value is -0.870. The largest absolute Gasteiger partial charge is 0.460 e. The molecule has 0 saturated carbocycles. The minimum Gasteiger partial charge on any atom is -0.460 e. The van der Waals surface area contributed by atoms with Gasteiger partial charge in [0, 0.05) is 5.57 Å². The van der Waals surface area contributed by atoms with Gasteiger partial charge in [0.2, 0.25) is 0 Å². The van der Waals surface area contributed by atoms with E-state index in [0.717, 1.165) is 0 Å². The summed E-state index contributed by atoms with van der Waals surface area (Å²) in [6.45, 7) is 8.82. The third kappa shape index (κ3) is 6.62. The maximum Gasteiger partial charge on any atom is 0.333 e. The summed E-state index contributed by atoms with van der Waals surface area (Å²) in [5.74, 6) is -0.492. The summed E-state index contributed by atoms with van der Waals surface area (Å²) < 4.78 is 9.86. The Morgan fingerprint density at radius 1 is 1.43 bits per heavy atom. The van der Waals surface area contributed by atoms with E-state index < -0.39 is 12.1 Å². The Bertz CT molecular complexity index is 198. The summed E-state index contributed by atoms with van der Waals surface area (Å²) in [6, 6.07) is 0. The summed E-state index contributed by atoms with van der Waals surface area (Å²) >= 11 is 0. The van der Waals surface area contributed by atoms with Gasteiger partial charge in [-0.1, -0.05) is 6.58 Å². The maximum atomic E-state index is 10.9. The van der Waals surface area contributed by atoms with E-state index in [1.54, 1.807) is 6.92 Å². The molecule has 4 heteroatoms. The topological polar surface area (TPSA) is 55.8 Å². The van der Waals surface area contributed by atoms with Gasteiger partial charge in [-0.2, -0.15) is 0 Å². The number of aliphatic hydroxyl groups excluding tert-OH is 1. The smallest absolute Gasteiger partial charge is 0.333 e. The van der Waals surface area contributed by atoms with Crippen molar-refractivity contribution in [2.45, 2.75) is 33.0 Å². The molecule has 0 radical (unpaired) electrons. The summed E-state index contributed by atoms with van der Waals surface area (Å²) in [5.41, 5.74) is 0.321. The number of esters is 1. The minimum absolute atomic E-state index is 0.0569. The zero-order valence-electron chi connectivity index (χ0n) is 8.95. The molecular formula is C10H18O4. The molecule has 82 valence electrons. The summed E-state index contributed by atoms with van der Waals surface area (Å²) in [6.07, 6.45) is -0.720.